The smallest absolute Gasteiger partial charge is 0.412 e. The number of methoxy groups -OCH3 is 2. The largest absolute Gasteiger partial charge is 0.497 e. The molecule has 0 fully saturated rings. The molecule has 1 atom stereocenters. The number of anilines is 3. The van der Waals surface area contributed by atoms with E-state index in [1.165, 1.54) is 0 Å². The Balaban J connectivity index is 1.50. The second-order valence-electron chi connectivity index (χ2n) is 10.2. The van der Waals surface area contributed by atoms with Gasteiger partial charge in [0.2, 0.25) is 0 Å². The van der Waals surface area contributed by atoms with Crippen molar-refractivity contribution in [3.8, 4) is 11.5 Å². The third kappa shape index (κ3) is 7.51. The highest BCUT2D eigenvalue weighted by Crippen LogP contribution is 2.29. The quantitative estimate of drug-likeness (QED) is 0.276. The number of nitrogens with one attached hydrogen (secondary N) is 4. The van der Waals surface area contributed by atoms with Gasteiger partial charge in [0.25, 0.3) is 0 Å². The molecule has 4 N–H and O–H groups in total. The van der Waals surface area contributed by atoms with Crippen molar-refractivity contribution in [1.29, 1.82) is 0 Å². The average Bonchev–Trinajstić information content (AvgIpc) is 2.93. The lowest BCUT2D eigenvalue weighted by atomic mass is 10.1. The van der Waals surface area contributed by atoms with Crippen LogP contribution in [0, 0.1) is 6.92 Å². The van der Waals surface area contributed by atoms with Crippen LogP contribution in [0.15, 0.2) is 65.8 Å². The number of carbonyl (C=O) groups is 1. The number of benzene rings is 2. The van der Waals surface area contributed by atoms with Gasteiger partial charge in [0, 0.05) is 47.0 Å². The number of aliphatic imine (C=N–C) groups is 1. The Labute approximate surface area is 234 Å². The molecule has 0 bridgehead atoms. The maximum atomic E-state index is 12.3. The fourth-order valence-corrected chi connectivity index (χ4v) is 4.03. The summed E-state index contributed by atoms with van der Waals surface area (Å²) in [7, 11) is 3.27. The SMILES string of the molecule is COc1ccc(CNC2C=C(c3cccnc3Nc3cc(NC(=O)OC(C)(C)C)ccc3C)NC=N2)c(OC)c1. The van der Waals surface area contributed by atoms with Gasteiger partial charge < -0.3 is 24.8 Å². The maximum Gasteiger partial charge on any atom is 0.412 e. The summed E-state index contributed by atoms with van der Waals surface area (Å²) < 4.78 is 16.2. The maximum absolute atomic E-state index is 12.3. The lowest BCUT2D eigenvalue weighted by molar-refractivity contribution is 0.0636. The number of amides is 1. The van der Waals surface area contributed by atoms with Gasteiger partial charge in [-0.05, 0) is 69.7 Å². The van der Waals surface area contributed by atoms with Gasteiger partial charge in [-0.15, -0.1) is 0 Å². The first kappa shape index (κ1) is 28.4. The fraction of sp³-hybridized carbons (Fsp3) is 0.300. The number of pyridine rings is 1. The Morgan fingerprint density at radius 2 is 1.90 bits per heavy atom. The molecule has 0 radical (unpaired) electrons. The summed E-state index contributed by atoms with van der Waals surface area (Å²) in [5.74, 6) is 2.14. The number of ether oxygens (including phenoxy) is 3. The first-order chi connectivity index (χ1) is 19.1. The number of hydrogen-bond donors (Lipinski definition) is 4. The molecule has 1 amide bonds. The van der Waals surface area contributed by atoms with Crippen LogP contribution in [0.5, 0.6) is 11.5 Å². The molecule has 3 aromatic rings. The highest BCUT2D eigenvalue weighted by molar-refractivity contribution is 5.87. The zero-order chi connectivity index (χ0) is 28.7. The third-order valence-corrected chi connectivity index (χ3v) is 6.01. The first-order valence-corrected chi connectivity index (χ1v) is 12.9. The lowest BCUT2D eigenvalue weighted by Crippen LogP contribution is -2.31. The van der Waals surface area contributed by atoms with E-state index >= 15 is 0 Å². The van der Waals surface area contributed by atoms with Crippen LogP contribution in [-0.4, -0.2) is 43.4 Å². The standard InChI is InChI=1S/C30H36N6O4/c1-19-9-11-21(35-29(37)40-30(2,3)4)14-24(19)36-28-23(8-7-13-31-28)25-16-27(34-18-33-25)32-17-20-10-12-22(38-5)15-26(20)39-6/h7-16,18,27,32H,17H2,1-6H3,(H,31,36)(H,33,34)(H,35,37). The Hall–Kier alpha value is -4.57. The summed E-state index contributed by atoms with van der Waals surface area (Å²) in [4.78, 5) is 21.4. The van der Waals surface area contributed by atoms with Crippen LogP contribution in [0.1, 0.15) is 37.5 Å². The lowest BCUT2D eigenvalue weighted by Gasteiger charge is -2.21. The number of aryl methyl sites for hydroxylation is 1. The van der Waals surface area contributed by atoms with Crippen LogP contribution in [0.2, 0.25) is 0 Å². The molecule has 0 saturated heterocycles. The van der Waals surface area contributed by atoms with Crippen LogP contribution in [-0.2, 0) is 11.3 Å². The molecule has 4 rings (SSSR count). The van der Waals surface area contributed by atoms with Crippen LogP contribution < -0.4 is 30.7 Å². The molecular weight excluding hydrogens is 508 g/mol. The Bertz CT molecular complexity index is 1410. The van der Waals surface area contributed by atoms with Gasteiger partial charge in [-0.2, -0.15) is 0 Å². The van der Waals surface area contributed by atoms with Gasteiger partial charge in [0.1, 0.15) is 29.1 Å². The summed E-state index contributed by atoms with van der Waals surface area (Å²) in [6.45, 7) is 8.01. The minimum absolute atomic E-state index is 0.265. The number of aromatic nitrogens is 1. The molecule has 10 nitrogen and oxygen atoms in total. The highest BCUT2D eigenvalue weighted by atomic mass is 16.6. The number of carbonyl (C=O) groups excluding carboxylic acids is 1. The molecule has 210 valence electrons. The number of rotatable bonds is 9. The molecule has 0 spiro atoms. The predicted octanol–water partition coefficient (Wildman–Crippen LogP) is 5.59. The van der Waals surface area contributed by atoms with Gasteiger partial charge in [-0.25, -0.2) is 9.78 Å². The molecule has 0 aliphatic carbocycles. The minimum Gasteiger partial charge on any atom is -0.497 e. The van der Waals surface area contributed by atoms with Crippen molar-refractivity contribution in [2.45, 2.75) is 46.0 Å². The monoisotopic (exact) mass is 544 g/mol. The van der Waals surface area contributed by atoms with E-state index in [-0.39, 0.29) is 6.17 Å². The second kappa shape index (κ2) is 12.5. The Kier molecular flexibility index (Phi) is 8.90. The van der Waals surface area contributed by atoms with Crippen molar-refractivity contribution < 1.29 is 19.0 Å². The Morgan fingerprint density at radius 1 is 1.07 bits per heavy atom. The molecular formula is C30H36N6O4. The average molecular weight is 545 g/mol. The fourth-order valence-electron chi connectivity index (χ4n) is 4.03. The molecule has 1 aliphatic rings. The summed E-state index contributed by atoms with van der Waals surface area (Å²) >= 11 is 0. The van der Waals surface area contributed by atoms with Gasteiger partial charge in [0.15, 0.2) is 0 Å². The van der Waals surface area contributed by atoms with Crippen LogP contribution >= 0.6 is 0 Å². The van der Waals surface area contributed by atoms with E-state index < -0.39 is 11.7 Å². The van der Waals surface area contributed by atoms with Crippen LogP contribution in [0.4, 0.5) is 22.0 Å². The Morgan fingerprint density at radius 3 is 2.65 bits per heavy atom. The molecule has 0 saturated carbocycles. The summed E-state index contributed by atoms with van der Waals surface area (Å²) in [5.41, 5.74) is 4.53. The van der Waals surface area contributed by atoms with Crippen molar-refractivity contribution in [1.82, 2.24) is 15.6 Å². The van der Waals surface area contributed by atoms with E-state index in [9.17, 15) is 4.79 Å². The van der Waals surface area contributed by atoms with Crippen LogP contribution in [0.25, 0.3) is 5.70 Å². The van der Waals surface area contributed by atoms with Gasteiger partial charge in [0.05, 0.1) is 20.6 Å². The third-order valence-electron chi connectivity index (χ3n) is 6.01. The van der Waals surface area contributed by atoms with Crippen molar-refractivity contribution >= 4 is 35.3 Å². The predicted molar refractivity (Wildman–Crippen MR) is 158 cm³/mol. The molecule has 2 aromatic carbocycles. The molecule has 40 heavy (non-hydrogen) atoms. The van der Waals surface area contributed by atoms with E-state index in [0.717, 1.165) is 39.6 Å². The van der Waals surface area contributed by atoms with E-state index in [2.05, 4.69) is 31.2 Å². The number of nitrogens with zero attached hydrogens (tertiary/aromatic N) is 2. The van der Waals surface area contributed by atoms with Crippen molar-refractivity contribution in [2.75, 3.05) is 24.9 Å². The van der Waals surface area contributed by atoms with Crippen molar-refractivity contribution in [3.63, 3.8) is 0 Å². The van der Waals surface area contributed by atoms with E-state index in [1.54, 1.807) is 26.8 Å². The van der Waals surface area contributed by atoms with Crippen molar-refractivity contribution in [2.24, 2.45) is 4.99 Å². The summed E-state index contributed by atoms with van der Waals surface area (Å²) in [6, 6.07) is 15.2. The van der Waals surface area contributed by atoms with E-state index in [0.29, 0.717) is 18.1 Å². The molecule has 1 aliphatic heterocycles. The summed E-state index contributed by atoms with van der Waals surface area (Å²) in [6.07, 6.45) is 4.63. The highest BCUT2D eigenvalue weighted by Gasteiger charge is 2.18. The molecule has 1 aromatic heterocycles. The zero-order valence-electron chi connectivity index (χ0n) is 23.7. The number of hydrogen-bond acceptors (Lipinski definition) is 9. The molecule has 1 unspecified atom stereocenters. The summed E-state index contributed by atoms with van der Waals surface area (Å²) in [5, 5.41) is 12.9. The topological polar surface area (TPSA) is 118 Å². The van der Waals surface area contributed by atoms with Crippen molar-refractivity contribution in [3.05, 3.63) is 77.5 Å². The minimum atomic E-state index is -0.587. The molecule has 2 heterocycles. The van der Waals surface area contributed by atoms with Gasteiger partial charge >= 0.3 is 6.09 Å². The van der Waals surface area contributed by atoms with E-state index in [4.69, 9.17) is 14.2 Å². The van der Waals surface area contributed by atoms with E-state index in [1.807, 2.05) is 82.3 Å². The van der Waals surface area contributed by atoms with Crippen LogP contribution in [0.3, 0.4) is 0 Å². The van der Waals surface area contributed by atoms with Gasteiger partial charge in [-0.1, -0.05) is 12.1 Å². The zero-order valence-corrected chi connectivity index (χ0v) is 23.7. The normalized spacial score (nSPS) is 14.6. The second-order valence-corrected chi connectivity index (χ2v) is 10.2. The first-order valence-electron chi connectivity index (χ1n) is 12.9. The molecule has 10 heteroatoms. The van der Waals surface area contributed by atoms with Gasteiger partial charge in [-0.3, -0.25) is 15.6 Å².